The standard InChI is InChI=1S/C20H18F2N2OS/c1-13(20(25)24-17-5-2-4-16(22)12-17)23-19(18-6-3-11-26-18)14-7-9-15(21)10-8-14/h2-13,19,23H,1H3,(H,24,25)/t13-,19+/m1/s1. The number of benzene rings is 2. The second-order valence-corrected chi connectivity index (χ2v) is 6.87. The predicted molar refractivity (Wildman–Crippen MR) is 100 cm³/mol. The molecule has 1 aromatic heterocycles. The summed E-state index contributed by atoms with van der Waals surface area (Å²) in [5, 5.41) is 7.92. The minimum atomic E-state index is -0.546. The van der Waals surface area contributed by atoms with Gasteiger partial charge in [-0.25, -0.2) is 8.78 Å². The number of carbonyl (C=O) groups excluding carboxylic acids is 1. The van der Waals surface area contributed by atoms with Gasteiger partial charge >= 0.3 is 0 Å². The molecule has 26 heavy (non-hydrogen) atoms. The number of anilines is 1. The van der Waals surface area contributed by atoms with Crippen LogP contribution in [-0.4, -0.2) is 11.9 Å². The molecule has 2 aromatic carbocycles. The summed E-state index contributed by atoms with van der Waals surface area (Å²) >= 11 is 1.55. The third-order valence-electron chi connectivity index (χ3n) is 3.93. The second-order valence-electron chi connectivity index (χ2n) is 5.89. The molecule has 3 nitrogen and oxygen atoms in total. The van der Waals surface area contributed by atoms with Crippen LogP contribution < -0.4 is 10.6 Å². The van der Waals surface area contributed by atoms with E-state index < -0.39 is 11.9 Å². The summed E-state index contributed by atoms with van der Waals surface area (Å²) in [5.41, 5.74) is 1.26. The third-order valence-corrected chi connectivity index (χ3v) is 4.87. The monoisotopic (exact) mass is 372 g/mol. The summed E-state index contributed by atoms with van der Waals surface area (Å²) < 4.78 is 26.5. The summed E-state index contributed by atoms with van der Waals surface area (Å²) in [5.74, 6) is -0.999. The zero-order chi connectivity index (χ0) is 18.5. The van der Waals surface area contributed by atoms with Crippen molar-refractivity contribution in [3.63, 3.8) is 0 Å². The van der Waals surface area contributed by atoms with E-state index >= 15 is 0 Å². The smallest absolute Gasteiger partial charge is 0.241 e. The maximum Gasteiger partial charge on any atom is 0.241 e. The molecule has 134 valence electrons. The van der Waals surface area contributed by atoms with Crippen LogP contribution in [0.5, 0.6) is 0 Å². The van der Waals surface area contributed by atoms with E-state index in [4.69, 9.17) is 0 Å². The Bertz CT molecular complexity index is 866. The van der Waals surface area contributed by atoms with Gasteiger partial charge in [-0.05, 0) is 54.3 Å². The normalized spacial score (nSPS) is 13.2. The van der Waals surface area contributed by atoms with E-state index in [1.165, 1.54) is 30.3 Å². The molecule has 1 heterocycles. The van der Waals surface area contributed by atoms with Crippen molar-refractivity contribution < 1.29 is 13.6 Å². The van der Waals surface area contributed by atoms with Crippen LogP contribution in [0.1, 0.15) is 23.4 Å². The Hall–Kier alpha value is -2.57. The molecule has 2 atom stereocenters. The molecule has 2 N–H and O–H groups in total. The van der Waals surface area contributed by atoms with E-state index in [1.54, 1.807) is 36.5 Å². The van der Waals surface area contributed by atoms with Crippen LogP contribution in [0.4, 0.5) is 14.5 Å². The Morgan fingerprint density at radius 3 is 2.42 bits per heavy atom. The number of rotatable bonds is 6. The maximum atomic E-state index is 13.3. The fourth-order valence-electron chi connectivity index (χ4n) is 2.60. The van der Waals surface area contributed by atoms with Gasteiger partial charge in [-0.1, -0.05) is 24.3 Å². The van der Waals surface area contributed by atoms with Crippen molar-refractivity contribution in [1.29, 1.82) is 0 Å². The minimum absolute atomic E-state index is 0.246. The van der Waals surface area contributed by atoms with Crippen LogP contribution in [0.3, 0.4) is 0 Å². The molecule has 3 aromatic rings. The zero-order valence-corrected chi connectivity index (χ0v) is 14.9. The number of nitrogens with one attached hydrogen (secondary N) is 2. The van der Waals surface area contributed by atoms with Gasteiger partial charge in [0.15, 0.2) is 0 Å². The van der Waals surface area contributed by atoms with E-state index in [9.17, 15) is 13.6 Å². The highest BCUT2D eigenvalue weighted by Crippen LogP contribution is 2.27. The van der Waals surface area contributed by atoms with Crippen LogP contribution in [0, 0.1) is 11.6 Å². The van der Waals surface area contributed by atoms with Crippen LogP contribution in [0.15, 0.2) is 66.0 Å². The molecule has 0 aliphatic carbocycles. The number of hydrogen-bond acceptors (Lipinski definition) is 3. The first kappa shape index (κ1) is 18.2. The molecule has 0 unspecified atom stereocenters. The highest BCUT2D eigenvalue weighted by molar-refractivity contribution is 7.10. The Kier molecular flexibility index (Phi) is 5.75. The summed E-state index contributed by atoms with van der Waals surface area (Å²) in [6.45, 7) is 1.73. The third kappa shape index (κ3) is 4.53. The lowest BCUT2D eigenvalue weighted by Gasteiger charge is -2.22. The van der Waals surface area contributed by atoms with Crippen molar-refractivity contribution >= 4 is 22.9 Å². The molecular weight excluding hydrogens is 354 g/mol. The number of amides is 1. The number of thiophene rings is 1. The number of hydrogen-bond donors (Lipinski definition) is 2. The van der Waals surface area contributed by atoms with E-state index in [1.807, 2.05) is 17.5 Å². The fraction of sp³-hybridized carbons (Fsp3) is 0.150. The Balaban J connectivity index is 1.75. The molecule has 0 radical (unpaired) electrons. The maximum absolute atomic E-state index is 13.3. The molecule has 1 amide bonds. The zero-order valence-electron chi connectivity index (χ0n) is 14.1. The van der Waals surface area contributed by atoms with Crippen LogP contribution >= 0.6 is 11.3 Å². The van der Waals surface area contributed by atoms with Gasteiger partial charge in [0, 0.05) is 10.6 Å². The molecular formula is C20H18F2N2OS. The van der Waals surface area contributed by atoms with E-state index in [-0.39, 0.29) is 17.8 Å². The van der Waals surface area contributed by atoms with Crippen molar-refractivity contribution in [1.82, 2.24) is 5.32 Å². The van der Waals surface area contributed by atoms with E-state index in [2.05, 4.69) is 10.6 Å². The summed E-state index contributed by atoms with van der Waals surface area (Å²) in [7, 11) is 0. The Morgan fingerprint density at radius 2 is 1.77 bits per heavy atom. The predicted octanol–water partition coefficient (Wildman–Crippen LogP) is 4.73. The van der Waals surface area contributed by atoms with Crippen LogP contribution in [0.2, 0.25) is 0 Å². The van der Waals surface area contributed by atoms with Crippen molar-refractivity contribution in [3.8, 4) is 0 Å². The molecule has 0 spiro atoms. The van der Waals surface area contributed by atoms with Gasteiger partial charge in [-0.2, -0.15) is 0 Å². The lowest BCUT2D eigenvalue weighted by molar-refractivity contribution is -0.117. The van der Waals surface area contributed by atoms with Crippen LogP contribution in [-0.2, 0) is 4.79 Å². The molecule has 0 fully saturated rings. The molecule has 0 saturated heterocycles. The lowest BCUT2D eigenvalue weighted by atomic mass is 10.0. The van der Waals surface area contributed by atoms with E-state index in [0.29, 0.717) is 5.69 Å². The quantitative estimate of drug-likeness (QED) is 0.657. The van der Waals surface area contributed by atoms with Crippen molar-refractivity contribution in [2.45, 2.75) is 19.0 Å². The van der Waals surface area contributed by atoms with Crippen LogP contribution in [0.25, 0.3) is 0 Å². The van der Waals surface area contributed by atoms with Gasteiger partial charge in [0.05, 0.1) is 12.1 Å². The van der Waals surface area contributed by atoms with Crippen molar-refractivity contribution in [2.75, 3.05) is 5.32 Å². The van der Waals surface area contributed by atoms with Gasteiger partial charge in [-0.3, -0.25) is 10.1 Å². The van der Waals surface area contributed by atoms with Gasteiger partial charge in [0.25, 0.3) is 0 Å². The fourth-order valence-corrected chi connectivity index (χ4v) is 3.41. The highest BCUT2D eigenvalue weighted by Gasteiger charge is 2.21. The Labute approximate surface area is 154 Å². The van der Waals surface area contributed by atoms with Gasteiger partial charge in [0.1, 0.15) is 11.6 Å². The largest absolute Gasteiger partial charge is 0.325 e. The number of halogens is 2. The average Bonchev–Trinajstić information content (AvgIpc) is 3.14. The molecule has 0 aliphatic heterocycles. The number of carbonyl (C=O) groups is 1. The van der Waals surface area contributed by atoms with E-state index in [0.717, 1.165) is 10.4 Å². The second kappa shape index (κ2) is 8.21. The first-order chi connectivity index (χ1) is 12.5. The average molecular weight is 372 g/mol. The topological polar surface area (TPSA) is 41.1 Å². The Morgan fingerprint density at radius 1 is 1.00 bits per heavy atom. The summed E-state index contributed by atoms with van der Waals surface area (Å²) in [6.07, 6.45) is 0. The van der Waals surface area contributed by atoms with Gasteiger partial charge < -0.3 is 5.32 Å². The minimum Gasteiger partial charge on any atom is -0.325 e. The lowest BCUT2D eigenvalue weighted by Crippen LogP contribution is -2.40. The first-order valence-corrected chi connectivity index (χ1v) is 9.02. The van der Waals surface area contributed by atoms with Gasteiger partial charge in [-0.15, -0.1) is 11.3 Å². The molecule has 0 saturated carbocycles. The summed E-state index contributed by atoms with van der Waals surface area (Å²) in [6, 6.07) is 15.0. The molecule has 0 bridgehead atoms. The molecule has 6 heteroatoms. The first-order valence-electron chi connectivity index (χ1n) is 8.14. The van der Waals surface area contributed by atoms with Crippen molar-refractivity contribution in [3.05, 3.63) is 88.1 Å². The highest BCUT2D eigenvalue weighted by atomic mass is 32.1. The molecule has 0 aliphatic rings. The summed E-state index contributed by atoms with van der Waals surface area (Å²) in [4.78, 5) is 13.5. The van der Waals surface area contributed by atoms with Gasteiger partial charge in [0.2, 0.25) is 5.91 Å². The SMILES string of the molecule is C[C@@H](N[C@@H](c1ccc(F)cc1)c1cccs1)C(=O)Nc1cccc(F)c1. The molecule has 3 rings (SSSR count). The van der Waals surface area contributed by atoms with Crippen molar-refractivity contribution in [2.24, 2.45) is 0 Å².